The molecule has 0 aromatic heterocycles. The number of benzene rings is 1. The minimum Gasteiger partial charge on any atom is -0.444 e. The van der Waals surface area contributed by atoms with E-state index in [-0.39, 0.29) is 25.8 Å². The van der Waals surface area contributed by atoms with Crippen LogP contribution in [0.5, 0.6) is 0 Å². The SMILES string of the molecule is CC(C)(C)OC(=O)N[C@H]1CCCCCC=C[C@@H]2C[C@@]2(C(=O)NS(=O)(=O)C(C)(C)C)NC(=O)[C@@H]2C[C@@H](OC(=O)N3Cc4ccccc4C3)CN2C1=O. The fourth-order valence-electron chi connectivity index (χ4n) is 6.66. The number of fused-ring (bicyclic) bond motifs is 3. The van der Waals surface area contributed by atoms with Crippen LogP contribution in [0.15, 0.2) is 36.4 Å². The number of amides is 5. The van der Waals surface area contributed by atoms with Crippen LogP contribution in [0.3, 0.4) is 0 Å². The lowest BCUT2D eigenvalue weighted by Gasteiger charge is -2.30. The van der Waals surface area contributed by atoms with Crippen molar-refractivity contribution < 1.29 is 41.9 Å². The van der Waals surface area contributed by atoms with Gasteiger partial charge in [0, 0.05) is 25.4 Å². The van der Waals surface area contributed by atoms with Crippen LogP contribution in [0.1, 0.15) is 97.6 Å². The zero-order valence-corrected chi connectivity index (χ0v) is 31.1. The molecule has 1 saturated carbocycles. The number of allylic oxidation sites excluding steroid dienone is 1. The van der Waals surface area contributed by atoms with E-state index in [1.807, 2.05) is 36.4 Å². The molecule has 0 radical (unpaired) electrons. The van der Waals surface area contributed by atoms with E-state index < -0.39 is 79.9 Å². The lowest BCUT2D eigenvalue weighted by atomic mass is 10.0. The Hall–Kier alpha value is -4.14. The Morgan fingerprint density at radius 3 is 2.27 bits per heavy atom. The molecular weight excluding hydrogens is 678 g/mol. The highest BCUT2D eigenvalue weighted by atomic mass is 32.2. The summed E-state index contributed by atoms with van der Waals surface area (Å²) < 4.78 is 38.2. The summed E-state index contributed by atoms with van der Waals surface area (Å²) in [6.45, 7) is 10.1. The lowest BCUT2D eigenvalue weighted by molar-refractivity contribution is -0.141. The van der Waals surface area contributed by atoms with Gasteiger partial charge < -0.3 is 25.0 Å². The van der Waals surface area contributed by atoms with E-state index in [0.29, 0.717) is 25.9 Å². The summed E-state index contributed by atoms with van der Waals surface area (Å²) in [5.74, 6) is -2.58. The van der Waals surface area contributed by atoms with Gasteiger partial charge in [0.15, 0.2) is 0 Å². The van der Waals surface area contributed by atoms with Gasteiger partial charge in [0.05, 0.1) is 11.3 Å². The molecule has 15 heteroatoms. The summed E-state index contributed by atoms with van der Waals surface area (Å²) in [5.41, 5.74) is -0.376. The van der Waals surface area contributed by atoms with Crippen LogP contribution in [0.2, 0.25) is 0 Å². The molecular formula is C36H51N5O9S. The molecule has 3 heterocycles. The van der Waals surface area contributed by atoms with E-state index in [1.54, 1.807) is 25.7 Å². The Labute approximate surface area is 300 Å². The molecule has 1 aliphatic carbocycles. The zero-order chi connectivity index (χ0) is 37.4. The number of hydrogen-bond donors (Lipinski definition) is 3. The van der Waals surface area contributed by atoms with Crippen molar-refractivity contribution in [2.75, 3.05) is 6.54 Å². The van der Waals surface area contributed by atoms with Gasteiger partial charge in [-0.25, -0.2) is 18.0 Å². The Balaban J connectivity index is 1.42. The van der Waals surface area contributed by atoms with Gasteiger partial charge in [-0.2, -0.15) is 0 Å². The number of hydrogen-bond acceptors (Lipinski definition) is 9. The third-order valence-corrected chi connectivity index (χ3v) is 11.8. The van der Waals surface area contributed by atoms with Crippen molar-refractivity contribution in [2.45, 2.75) is 134 Å². The van der Waals surface area contributed by atoms with Crippen LogP contribution in [0.25, 0.3) is 0 Å². The molecule has 0 bridgehead atoms. The highest BCUT2D eigenvalue weighted by molar-refractivity contribution is 7.91. The van der Waals surface area contributed by atoms with E-state index in [2.05, 4.69) is 15.4 Å². The fraction of sp³-hybridized carbons (Fsp3) is 0.639. The van der Waals surface area contributed by atoms with E-state index in [4.69, 9.17) is 9.47 Å². The zero-order valence-electron chi connectivity index (χ0n) is 30.3. The van der Waals surface area contributed by atoms with E-state index >= 15 is 0 Å². The molecule has 4 aliphatic rings. The van der Waals surface area contributed by atoms with Gasteiger partial charge in [0.2, 0.25) is 21.8 Å². The maximum absolute atomic E-state index is 14.3. The van der Waals surface area contributed by atoms with Crippen molar-refractivity contribution >= 4 is 39.9 Å². The maximum atomic E-state index is 14.3. The normalized spacial score (nSPS) is 27.2. The van der Waals surface area contributed by atoms with Gasteiger partial charge in [-0.15, -0.1) is 0 Å². The largest absolute Gasteiger partial charge is 0.444 e. The van der Waals surface area contributed by atoms with Crippen molar-refractivity contribution in [1.29, 1.82) is 0 Å². The second-order valence-corrected chi connectivity index (χ2v) is 18.4. The van der Waals surface area contributed by atoms with E-state index in [1.165, 1.54) is 25.7 Å². The van der Waals surface area contributed by atoms with Crippen LogP contribution in [0.4, 0.5) is 9.59 Å². The average Bonchev–Trinajstić information content (AvgIpc) is 3.33. The summed E-state index contributed by atoms with van der Waals surface area (Å²) >= 11 is 0. The molecule has 5 atom stereocenters. The third-order valence-electron chi connectivity index (χ3n) is 9.74. The number of nitrogens with one attached hydrogen (secondary N) is 3. The Morgan fingerprint density at radius 2 is 1.65 bits per heavy atom. The monoisotopic (exact) mass is 729 g/mol. The third kappa shape index (κ3) is 8.85. The second kappa shape index (κ2) is 14.5. The number of carbonyl (C=O) groups excluding carboxylic acids is 5. The molecule has 3 aliphatic heterocycles. The first-order valence-corrected chi connectivity index (χ1v) is 19.2. The lowest BCUT2D eigenvalue weighted by Crippen LogP contribution is -2.59. The van der Waals surface area contributed by atoms with Crippen molar-refractivity contribution in [2.24, 2.45) is 5.92 Å². The topological polar surface area (TPSA) is 181 Å². The van der Waals surface area contributed by atoms with Crippen molar-refractivity contribution in [3.05, 3.63) is 47.5 Å². The minimum absolute atomic E-state index is 0.0677. The van der Waals surface area contributed by atoms with E-state index in [0.717, 1.165) is 24.0 Å². The standard InChI is InChI=1S/C36H51N5O9S/c1-34(2,3)50-32(45)37-27-17-11-9-7-8-10-16-25-19-36(25,31(44)39-51(47,48)35(4,5)6)38-29(42)28-18-26(22-41(28)30(27)43)49-33(46)40-20-23-14-12-13-15-24(23)21-40/h10,12-16,25-28H,7-9,11,17-22H2,1-6H3,(H,37,45)(H,38,42)(H,39,44)/t25-,26-,27+,28+,36-/m1/s1. The van der Waals surface area contributed by atoms with Crippen LogP contribution >= 0.6 is 0 Å². The van der Waals surface area contributed by atoms with E-state index in [9.17, 15) is 32.4 Å². The second-order valence-electron chi connectivity index (χ2n) is 16.0. The van der Waals surface area contributed by atoms with Gasteiger partial charge in [0.1, 0.15) is 29.3 Å². The van der Waals surface area contributed by atoms with Gasteiger partial charge in [-0.3, -0.25) is 24.0 Å². The van der Waals surface area contributed by atoms with Crippen molar-refractivity contribution in [3.8, 4) is 0 Å². The molecule has 5 rings (SSSR count). The van der Waals surface area contributed by atoms with Crippen LogP contribution in [-0.2, 0) is 47.0 Å². The van der Waals surface area contributed by atoms with Crippen LogP contribution in [-0.4, -0.2) is 88.7 Å². The smallest absolute Gasteiger partial charge is 0.410 e. The maximum Gasteiger partial charge on any atom is 0.410 e. The highest BCUT2D eigenvalue weighted by Crippen LogP contribution is 2.46. The number of ether oxygens (including phenoxy) is 2. The first-order valence-electron chi connectivity index (χ1n) is 17.7. The predicted octanol–water partition coefficient (Wildman–Crippen LogP) is 3.64. The predicted molar refractivity (Wildman–Crippen MR) is 187 cm³/mol. The Bertz CT molecular complexity index is 1660. The number of rotatable bonds is 4. The van der Waals surface area contributed by atoms with Gasteiger partial charge in [0.25, 0.3) is 5.91 Å². The summed E-state index contributed by atoms with van der Waals surface area (Å²) in [5, 5.41) is 5.50. The molecule has 1 aromatic carbocycles. The van der Waals surface area contributed by atoms with Gasteiger partial charge in [-0.1, -0.05) is 49.3 Å². The molecule has 1 aromatic rings. The summed E-state index contributed by atoms with van der Waals surface area (Å²) in [6.07, 6.45) is 4.65. The molecule has 51 heavy (non-hydrogen) atoms. The van der Waals surface area contributed by atoms with Gasteiger partial charge >= 0.3 is 12.2 Å². The summed E-state index contributed by atoms with van der Waals surface area (Å²) in [4.78, 5) is 71.3. The Morgan fingerprint density at radius 1 is 0.980 bits per heavy atom. The first-order chi connectivity index (χ1) is 23.8. The Kier molecular flexibility index (Phi) is 10.8. The molecule has 280 valence electrons. The summed E-state index contributed by atoms with van der Waals surface area (Å²) in [6, 6.07) is 5.44. The number of sulfonamides is 1. The average molecular weight is 730 g/mol. The first kappa shape index (κ1) is 38.1. The molecule has 0 spiro atoms. The van der Waals surface area contributed by atoms with Crippen LogP contribution < -0.4 is 15.4 Å². The van der Waals surface area contributed by atoms with Crippen molar-refractivity contribution in [1.82, 2.24) is 25.2 Å². The molecule has 0 unspecified atom stereocenters. The molecule has 3 N–H and O–H groups in total. The fourth-order valence-corrected chi connectivity index (χ4v) is 7.39. The molecule has 14 nitrogen and oxygen atoms in total. The quantitative estimate of drug-likeness (QED) is 0.390. The number of nitrogens with zero attached hydrogens (tertiary/aromatic N) is 2. The molecule has 1 saturated heterocycles. The number of carbonyl (C=O) groups is 5. The van der Waals surface area contributed by atoms with Crippen molar-refractivity contribution in [3.63, 3.8) is 0 Å². The minimum atomic E-state index is -4.10. The van der Waals surface area contributed by atoms with Gasteiger partial charge in [-0.05, 0) is 78.4 Å². The molecule has 5 amide bonds. The highest BCUT2D eigenvalue weighted by Gasteiger charge is 2.62. The van der Waals surface area contributed by atoms with Crippen LogP contribution in [0, 0.1) is 5.92 Å². The summed E-state index contributed by atoms with van der Waals surface area (Å²) in [7, 11) is -4.10. The number of alkyl carbamates (subject to hydrolysis) is 1. The molecule has 2 fully saturated rings.